The van der Waals surface area contributed by atoms with E-state index in [-0.39, 0.29) is 6.61 Å². The van der Waals surface area contributed by atoms with Crippen molar-refractivity contribution in [1.29, 1.82) is 0 Å². The summed E-state index contributed by atoms with van der Waals surface area (Å²) >= 11 is 0. The fourth-order valence-corrected chi connectivity index (χ4v) is 3.69. The average Bonchev–Trinajstić information content (AvgIpc) is 2.63. The van der Waals surface area contributed by atoms with Gasteiger partial charge in [-0.15, -0.1) is 0 Å². The van der Waals surface area contributed by atoms with Crippen molar-refractivity contribution < 1.29 is 18.5 Å². The molecule has 0 aliphatic rings. The molecule has 26 heavy (non-hydrogen) atoms. The molecule has 0 saturated carbocycles. The van der Waals surface area contributed by atoms with Crippen LogP contribution in [0, 0.1) is 0 Å². The third kappa shape index (κ3) is 20.4. The second-order valence-electron chi connectivity index (χ2n) is 7.47. The minimum Gasteiger partial charge on any atom is -0.756 e. The molecule has 1 unspecified atom stereocenters. The number of hydrogen-bond acceptors (Lipinski definition) is 4. The number of hydrogen-bond donors (Lipinski definition) is 0. The molecule has 0 spiro atoms. The van der Waals surface area contributed by atoms with Crippen molar-refractivity contribution in [3.05, 3.63) is 0 Å². The maximum absolute atomic E-state index is 11.0. The average molecular weight is 392 g/mol. The van der Waals surface area contributed by atoms with Gasteiger partial charge in [0.15, 0.2) is 0 Å². The quantitative estimate of drug-likeness (QED) is 0.154. The Morgan fingerprint density at radius 1 is 0.615 bits per heavy atom. The summed E-state index contributed by atoms with van der Waals surface area (Å²) in [5, 5.41) is 0. The number of unbranched alkanes of at least 4 members (excludes halogenated alkanes) is 17. The van der Waals surface area contributed by atoms with E-state index in [9.17, 15) is 9.46 Å². The molecule has 4 nitrogen and oxygen atoms in total. The van der Waals surface area contributed by atoms with Crippen LogP contribution >= 0.6 is 7.82 Å². The second kappa shape index (κ2) is 19.9. The van der Waals surface area contributed by atoms with Gasteiger partial charge in [0.05, 0.1) is 6.61 Å². The molecule has 5 heteroatoms. The van der Waals surface area contributed by atoms with Gasteiger partial charge in [0.1, 0.15) is 0 Å². The van der Waals surface area contributed by atoms with E-state index in [0.29, 0.717) is 0 Å². The van der Waals surface area contributed by atoms with E-state index in [1.165, 1.54) is 96.3 Å². The number of phosphoric acid groups is 1. The Morgan fingerprint density at radius 2 is 0.923 bits per heavy atom. The summed E-state index contributed by atoms with van der Waals surface area (Å²) in [6.45, 7) is 2.52. The molecule has 0 fully saturated rings. The minimum absolute atomic E-state index is 0.243. The van der Waals surface area contributed by atoms with Crippen LogP contribution in [0.3, 0.4) is 0 Å². The van der Waals surface area contributed by atoms with Crippen LogP contribution in [-0.2, 0) is 13.6 Å². The first-order valence-electron chi connectivity index (χ1n) is 11.1. The predicted molar refractivity (Wildman–Crippen MR) is 109 cm³/mol. The maximum Gasteiger partial charge on any atom is 0.267 e. The van der Waals surface area contributed by atoms with Crippen molar-refractivity contribution in [2.75, 3.05) is 13.7 Å². The van der Waals surface area contributed by atoms with Gasteiger partial charge in [-0.2, -0.15) is 0 Å². The summed E-state index contributed by atoms with van der Waals surface area (Å²) in [6.07, 6.45) is 23.8. The molecule has 0 heterocycles. The third-order valence-electron chi connectivity index (χ3n) is 4.97. The molecule has 0 N–H and O–H groups in total. The topological polar surface area (TPSA) is 58.6 Å². The van der Waals surface area contributed by atoms with Crippen LogP contribution in [0.1, 0.15) is 122 Å². The first kappa shape index (κ1) is 26.1. The highest BCUT2D eigenvalue weighted by Crippen LogP contribution is 2.36. The highest BCUT2D eigenvalue weighted by molar-refractivity contribution is 7.45. The largest absolute Gasteiger partial charge is 0.756 e. The highest BCUT2D eigenvalue weighted by atomic mass is 31.2. The standard InChI is InChI=1S/C21H45O4P/c1-3-4-5-6-7-8-9-10-11-12-13-14-15-16-17-18-19-20-21-25-26(22,23)24-2/h3-21H2,1-2H3,(H,22,23)/p-1. The highest BCUT2D eigenvalue weighted by Gasteiger charge is 2.04. The Morgan fingerprint density at radius 3 is 1.23 bits per heavy atom. The van der Waals surface area contributed by atoms with Crippen LogP contribution in [0.2, 0.25) is 0 Å². The summed E-state index contributed by atoms with van der Waals surface area (Å²) in [5.74, 6) is 0. The lowest BCUT2D eigenvalue weighted by Gasteiger charge is -2.19. The Labute approximate surface area is 163 Å². The van der Waals surface area contributed by atoms with Crippen LogP contribution in [0.4, 0.5) is 0 Å². The molecular formula is C21H44O4P-. The van der Waals surface area contributed by atoms with Crippen LogP contribution in [-0.4, -0.2) is 13.7 Å². The lowest BCUT2D eigenvalue weighted by atomic mass is 10.0. The van der Waals surface area contributed by atoms with E-state index < -0.39 is 7.82 Å². The third-order valence-corrected chi connectivity index (χ3v) is 5.92. The second-order valence-corrected chi connectivity index (χ2v) is 8.99. The van der Waals surface area contributed by atoms with Crippen molar-refractivity contribution in [3.63, 3.8) is 0 Å². The summed E-state index contributed by atoms with van der Waals surface area (Å²) in [6, 6.07) is 0. The van der Waals surface area contributed by atoms with Gasteiger partial charge in [-0.3, -0.25) is 4.57 Å². The van der Waals surface area contributed by atoms with Gasteiger partial charge in [0.25, 0.3) is 7.82 Å². The number of rotatable bonds is 21. The van der Waals surface area contributed by atoms with E-state index in [4.69, 9.17) is 0 Å². The first-order valence-corrected chi connectivity index (χ1v) is 12.6. The molecule has 0 radical (unpaired) electrons. The smallest absolute Gasteiger partial charge is 0.267 e. The van der Waals surface area contributed by atoms with Crippen molar-refractivity contribution in [1.82, 2.24) is 0 Å². The van der Waals surface area contributed by atoms with E-state index in [2.05, 4.69) is 16.0 Å². The Bertz CT molecular complexity index is 323. The van der Waals surface area contributed by atoms with E-state index >= 15 is 0 Å². The molecular weight excluding hydrogens is 347 g/mol. The molecule has 0 aromatic carbocycles. The Balaban J connectivity index is 3.06. The predicted octanol–water partition coefficient (Wildman–Crippen LogP) is 7.16. The molecule has 0 aromatic rings. The van der Waals surface area contributed by atoms with Crippen molar-refractivity contribution in [3.8, 4) is 0 Å². The fourth-order valence-electron chi connectivity index (χ4n) is 3.23. The van der Waals surface area contributed by atoms with Gasteiger partial charge in [-0.1, -0.05) is 116 Å². The van der Waals surface area contributed by atoms with Gasteiger partial charge in [0.2, 0.25) is 0 Å². The van der Waals surface area contributed by atoms with Gasteiger partial charge < -0.3 is 13.9 Å². The molecule has 0 aliphatic carbocycles. The lowest BCUT2D eigenvalue weighted by Crippen LogP contribution is -2.06. The molecule has 0 rings (SSSR count). The summed E-state index contributed by atoms with van der Waals surface area (Å²) in [7, 11) is -2.89. The molecule has 0 bridgehead atoms. The summed E-state index contributed by atoms with van der Waals surface area (Å²) in [5.41, 5.74) is 0. The van der Waals surface area contributed by atoms with E-state index in [1.54, 1.807) is 0 Å². The van der Waals surface area contributed by atoms with E-state index in [1.807, 2.05) is 0 Å². The molecule has 0 aromatic heterocycles. The lowest BCUT2D eigenvalue weighted by molar-refractivity contribution is -0.223. The SMILES string of the molecule is CCCCCCCCCCCCCCCCCCCCOP(=O)([O-])OC. The molecule has 0 amide bonds. The Hall–Kier alpha value is 0.110. The zero-order chi connectivity index (χ0) is 19.3. The summed E-state index contributed by atoms with van der Waals surface area (Å²) < 4.78 is 19.9. The van der Waals surface area contributed by atoms with Gasteiger partial charge in [-0.25, -0.2) is 0 Å². The molecule has 158 valence electrons. The first-order chi connectivity index (χ1) is 12.6. The normalized spacial score (nSPS) is 13.8. The van der Waals surface area contributed by atoms with Gasteiger partial charge >= 0.3 is 0 Å². The van der Waals surface area contributed by atoms with Gasteiger partial charge in [-0.05, 0) is 6.42 Å². The fraction of sp³-hybridized carbons (Fsp3) is 1.00. The van der Waals surface area contributed by atoms with Crippen molar-refractivity contribution in [2.24, 2.45) is 0 Å². The van der Waals surface area contributed by atoms with E-state index in [0.717, 1.165) is 26.4 Å². The molecule has 0 aliphatic heterocycles. The van der Waals surface area contributed by atoms with Gasteiger partial charge in [0, 0.05) is 7.11 Å². The van der Waals surface area contributed by atoms with Crippen molar-refractivity contribution >= 4 is 7.82 Å². The summed E-state index contributed by atoms with van der Waals surface area (Å²) in [4.78, 5) is 11.0. The molecule has 1 atom stereocenters. The zero-order valence-corrected chi connectivity index (χ0v) is 18.4. The minimum atomic E-state index is -4.02. The van der Waals surface area contributed by atoms with Crippen molar-refractivity contribution in [2.45, 2.75) is 122 Å². The molecule has 0 saturated heterocycles. The monoisotopic (exact) mass is 391 g/mol. The van der Waals surface area contributed by atoms with Crippen LogP contribution < -0.4 is 4.89 Å². The Kier molecular flexibility index (Phi) is 19.9. The maximum atomic E-state index is 11.0. The van der Waals surface area contributed by atoms with Crippen LogP contribution in [0.5, 0.6) is 0 Å². The number of phosphoric ester groups is 1. The zero-order valence-electron chi connectivity index (χ0n) is 17.5. The van der Waals surface area contributed by atoms with Crippen LogP contribution in [0.25, 0.3) is 0 Å². The van der Waals surface area contributed by atoms with Crippen LogP contribution in [0.15, 0.2) is 0 Å².